The number of nitrogens with zero attached hydrogens (tertiary/aromatic N) is 3. The highest BCUT2D eigenvalue weighted by molar-refractivity contribution is 8.26. The van der Waals surface area contributed by atoms with Gasteiger partial charge in [0.2, 0.25) is 0 Å². The van der Waals surface area contributed by atoms with E-state index in [-0.39, 0.29) is 18.4 Å². The Morgan fingerprint density at radius 1 is 1.03 bits per heavy atom. The van der Waals surface area contributed by atoms with Crippen LogP contribution >= 0.6 is 24.0 Å². The molecule has 1 unspecified atom stereocenters. The number of thiocarbonyl (C=S) groups is 1. The fourth-order valence-corrected chi connectivity index (χ4v) is 5.75. The molecule has 1 saturated heterocycles. The molecule has 8 heteroatoms. The van der Waals surface area contributed by atoms with Crippen molar-refractivity contribution in [3.05, 3.63) is 107 Å². The molecule has 5 rings (SSSR count). The Labute approximate surface area is 225 Å². The number of carboxylic acids is 1. The van der Waals surface area contributed by atoms with E-state index in [2.05, 4.69) is 41.4 Å². The Kier molecular flexibility index (Phi) is 7.48. The molecule has 0 saturated carbocycles. The monoisotopic (exact) mass is 527 g/mol. The molecule has 2 aliphatic rings. The van der Waals surface area contributed by atoms with Gasteiger partial charge < -0.3 is 5.11 Å². The van der Waals surface area contributed by atoms with Crippen LogP contribution in [0.25, 0.3) is 6.08 Å². The largest absolute Gasteiger partial charge is 0.481 e. The standard InChI is InChI=1S/C29H25N3O3S2/c33-27(34)12-7-17-31-28(35)26(37-29(31)36)18-20-13-15-23(16-14-20)32-25(22-10-5-2-6-11-22)19-24(30-32)21-8-3-1-4-9-21/h1-6,8-11,13-16,18,25H,7,12,17,19H2,(H,33,34)/b26-18-. The molecule has 0 spiro atoms. The smallest absolute Gasteiger partial charge is 0.303 e. The van der Waals surface area contributed by atoms with E-state index in [9.17, 15) is 9.59 Å². The molecular weight excluding hydrogens is 502 g/mol. The molecule has 3 aromatic rings. The van der Waals surface area contributed by atoms with Crippen molar-refractivity contribution in [2.45, 2.75) is 25.3 Å². The molecule has 0 bridgehead atoms. The number of carbonyl (C=O) groups excluding carboxylic acids is 1. The molecule has 1 fully saturated rings. The van der Waals surface area contributed by atoms with Gasteiger partial charge in [-0.3, -0.25) is 19.5 Å². The number of hydrogen-bond acceptors (Lipinski definition) is 6. The van der Waals surface area contributed by atoms with Crippen molar-refractivity contribution in [3.63, 3.8) is 0 Å². The summed E-state index contributed by atoms with van der Waals surface area (Å²) in [6.07, 6.45) is 3.01. The first kappa shape index (κ1) is 24.9. The first-order valence-corrected chi connectivity index (χ1v) is 13.3. The molecule has 1 amide bonds. The van der Waals surface area contributed by atoms with Crippen LogP contribution in [0, 0.1) is 0 Å². The van der Waals surface area contributed by atoms with Gasteiger partial charge in [0.05, 0.1) is 22.3 Å². The first-order valence-electron chi connectivity index (χ1n) is 12.0. The van der Waals surface area contributed by atoms with Crippen molar-refractivity contribution < 1.29 is 14.7 Å². The zero-order chi connectivity index (χ0) is 25.8. The van der Waals surface area contributed by atoms with E-state index in [1.807, 2.05) is 54.6 Å². The Morgan fingerprint density at radius 2 is 1.70 bits per heavy atom. The van der Waals surface area contributed by atoms with E-state index in [0.29, 0.717) is 22.2 Å². The van der Waals surface area contributed by atoms with Crippen LogP contribution in [-0.2, 0) is 9.59 Å². The van der Waals surface area contributed by atoms with Gasteiger partial charge in [-0.2, -0.15) is 5.10 Å². The van der Waals surface area contributed by atoms with Crippen molar-refractivity contribution in [3.8, 4) is 0 Å². The lowest BCUT2D eigenvalue weighted by Crippen LogP contribution is -2.29. The van der Waals surface area contributed by atoms with Gasteiger partial charge in [-0.25, -0.2) is 0 Å². The van der Waals surface area contributed by atoms with E-state index in [1.54, 1.807) is 0 Å². The second-order valence-corrected chi connectivity index (χ2v) is 10.5. The van der Waals surface area contributed by atoms with Gasteiger partial charge in [0, 0.05) is 19.4 Å². The third-order valence-electron chi connectivity index (χ3n) is 6.30. The summed E-state index contributed by atoms with van der Waals surface area (Å²) in [5, 5.41) is 15.9. The zero-order valence-electron chi connectivity index (χ0n) is 20.0. The van der Waals surface area contributed by atoms with Crippen LogP contribution in [0.3, 0.4) is 0 Å². The fourth-order valence-electron chi connectivity index (χ4n) is 4.44. The number of hydrogen-bond donors (Lipinski definition) is 1. The summed E-state index contributed by atoms with van der Waals surface area (Å²) in [6, 6.07) is 28.7. The Morgan fingerprint density at radius 3 is 2.38 bits per heavy atom. The highest BCUT2D eigenvalue weighted by Crippen LogP contribution is 2.37. The average molecular weight is 528 g/mol. The van der Waals surface area contributed by atoms with Gasteiger partial charge in [-0.15, -0.1) is 0 Å². The maximum Gasteiger partial charge on any atom is 0.303 e. The molecule has 37 heavy (non-hydrogen) atoms. The molecule has 3 aromatic carbocycles. The summed E-state index contributed by atoms with van der Waals surface area (Å²) < 4.78 is 0.462. The number of benzene rings is 3. The third-order valence-corrected chi connectivity index (χ3v) is 7.68. The SMILES string of the molecule is O=C(O)CCCN1C(=O)/C(=C/c2ccc(N3N=C(c4ccccc4)CC3c3ccccc3)cc2)SC1=S. The number of anilines is 1. The van der Waals surface area contributed by atoms with E-state index in [1.165, 1.54) is 22.2 Å². The van der Waals surface area contributed by atoms with E-state index < -0.39 is 5.97 Å². The molecule has 6 nitrogen and oxygen atoms in total. The highest BCUT2D eigenvalue weighted by atomic mass is 32.2. The lowest BCUT2D eigenvalue weighted by atomic mass is 9.98. The summed E-state index contributed by atoms with van der Waals surface area (Å²) in [7, 11) is 0. The van der Waals surface area contributed by atoms with E-state index in [0.717, 1.165) is 28.9 Å². The lowest BCUT2D eigenvalue weighted by Gasteiger charge is -2.24. The Hall–Kier alpha value is -3.75. The number of aliphatic carboxylic acids is 1. The summed E-state index contributed by atoms with van der Waals surface area (Å²) in [4.78, 5) is 25.6. The Bertz CT molecular complexity index is 1370. The minimum atomic E-state index is -0.881. The minimum Gasteiger partial charge on any atom is -0.481 e. The highest BCUT2D eigenvalue weighted by Gasteiger charge is 2.32. The van der Waals surface area contributed by atoms with Crippen LogP contribution in [-0.4, -0.2) is 38.5 Å². The average Bonchev–Trinajstić information content (AvgIpc) is 3.47. The second kappa shape index (κ2) is 11.1. The van der Waals surface area contributed by atoms with Crippen LogP contribution < -0.4 is 5.01 Å². The predicted molar refractivity (Wildman–Crippen MR) is 152 cm³/mol. The van der Waals surface area contributed by atoms with Crippen molar-refractivity contribution >= 4 is 57.7 Å². The second-order valence-electron chi connectivity index (χ2n) is 8.81. The topological polar surface area (TPSA) is 73.2 Å². The number of carboxylic acid groups (broad SMARTS) is 1. The molecule has 2 aliphatic heterocycles. The summed E-state index contributed by atoms with van der Waals surface area (Å²) in [5.74, 6) is -1.06. The molecule has 2 heterocycles. The van der Waals surface area contributed by atoms with Crippen LogP contribution in [0.2, 0.25) is 0 Å². The lowest BCUT2D eigenvalue weighted by molar-refractivity contribution is -0.137. The summed E-state index contributed by atoms with van der Waals surface area (Å²) in [5.41, 5.74) is 5.22. The predicted octanol–water partition coefficient (Wildman–Crippen LogP) is 6.11. The van der Waals surface area contributed by atoms with Crippen LogP contribution in [0.4, 0.5) is 5.69 Å². The van der Waals surface area contributed by atoms with Gasteiger partial charge in [-0.1, -0.05) is 96.8 Å². The molecule has 1 N–H and O–H groups in total. The molecule has 1 atom stereocenters. The van der Waals surface area contributed by atoms with Crippen LogP contribution in [0.1, 0.15) is 42.0 Å². The van der Waals surface area contributed by atoms with Gasteiger partial charge in [0.1, 0.15) is 4.32 Å². The third kappa shape index (κ3) is 5.65. The van der Waals surface area contributed by atoms with Gasteiger partial charge in [0.15, 0.2) is 0 Å². The molecule has 186 valence electrons. The van der Waals surface area contributed by atoms with Crippen molar-refractivity contribution in [2.24, 2.45) is 5.10 Å². The molecule has 0 aromatic heterocycles. The van der Waals surface area contributed by atoms with Crippen molar-refractivity contribution in [1.29, 1.82) is 0 Å². The molecular formula is C29H25N3O3S2. The molecule has 0 radical (unpaired) electrons. The van der Waals surface area contributed by atoms with Gasteiger partial charge in [-0.05, 0) is 41.3 Å². The normalized spacial score (nSPS) is 18.5. The van der Waals surface area contributed by atoms with Crippen molar-refractivity contribution in [2.75, 3.05) is 11.6 Å². The number of hydrazone groups is 1. The maximum absolute atomic E-state index is 12.8. The Balaban J connectivity index is 1.36. The number of thioether (sulfide) groups is 1. The summed E-state index contributed by atoms with van der Waals surface area (Å²) in [6.45, 7) is 0.310. The van der Waals surface area contributed by atoms with Crippen LogP contribution in [0.5, 0.6) is 0 Å². The van der Waals surface area contributed by atoms with E-state index >= 15 is 0 Å². The fraction of sp³-hybridized carbons (Fsp3) is 0.172. The molecule has 0 aliphatic carbocycles. The number of amides is 1. The quantitative estimate of drug-likeness (QED) is 0.282. The minimum absolute atomic E-state index is 0.00646. The summed E-state index contributed by atoms with van der Waals surface area (Å²) >= 11 is 6.60. The number of rotatable bonds is 8. The maximum atomic E-state index is 12.8. The van der Waals surface area contributed by atoms with Gasteiger partial charge in [0.25, 0.3) is 5.91 Å². The van der Waals surface area contributed by atoms with Gasteiger partial charge >= 0.3 is 5.97 Å². The first-order chi connectivity index (χ1) is 18.0. The van der Waals surface area contributed by atoms with E-state index in [4.69, 9.17) is 22.4 Å². The van der Waals surface area contributed by atoms with Crippen LogP contribution in [0.15, 0.2) is 94.9 Å². The zero-order valence-corrected chi connectivity index (χ0v) is 21.6. The van der Waals surface area contributed by atoms with Crippen molar-refractivity contribution in [1.82, 2.24) is 4.90 Å². The number of carbonyl (C=O) groups is 2.